The lowest BCUT2D eigenvalue weighted by atomic mass is 10.1. The molecule has 0 atom stereocenters. The zero-order valence-electron chi connectivity index (χ0n) is 22.1. The van der Waals surface area contributed by atoms with E-state index in [-0.39, 0.29) is 5.82 Å². The third-order valence-electron chi connectivity index (χ3n) is 4.14. The van der Waals surface area contributed by atoms with Gasteiger partial charge in [-0.3, -0.25) is 4.79 Å². The average molecular weight is 376 g/mol. The number of rotatable bonds is 4. The summed E-state index contributed by atoms with van der Waals surface area (Å²) < 4.78 is 57.2. The number of nitrogens with one attached hydrogen (secondary N) is 1. The molecular formula is C22H19N5O. The number of imidazole rings is 1. The zero-order valence-corrected chi connectivity index (χ0v) is 15.1. The van der Waals surface area contributed by atoms with Crippen molar-refractivity contribution in [3.8, 4) is 11.3 Å². The number of hydrogen-bond donors (Lipinski definition) is 1. The molecule has 4 aromatic rings. The maximum absolute atomic E-state index is 12.6. The summed E-state index contributed by atoms with van der Waals surface area (Å²) in [5.74, 6) is -0.158. The highest BCUT2D eigenvalue weighted by molar-refractivity contribution is 6.02. The zero-order chi connectivity index (χ0) is 25.6. The van der Waals surface area contributed by atoms with Gasteiger partial charge in [-0.1, -0.05) is 36.3 Å². The van der Waals surface area contributed by atoms with Gasteiger partial charge in [-0.25, -0.2) is 4.98 Å². The Bertz CT molecular complexity index is 1520. The van der Waals surface area contributed by atoms with Crippen molar-refractivity contribution >= 4 is 28.7 Å². The molecule has 0 fully saturated rings. The average Bonchev–Trinajstić information content (AvgIpc) is 3.18. The molecule has 0 aliphatic carbocycles. The molecule has 0 saturated carbocycles. The SMILES string of the molecule is [2H]/C(C(=O)Nc1cc2cc(-c3cnc(C)n3C)ccc2nn1)=C(/[2H])c1c([2H])c([2H])c([2H])c([2H])c1[2H]. The van der Waals surface area contributed by atoms with Crippen LogP contribution < -0.4 is 5.32 Å². The smallest absolute Gasteiger partial charge is 0.249 e. The van der Waals surface area contributed by atoms with Crippen molar-refractivity contribution in [2.45, 2.75) is 6.92 Å². The fraction of sp³-hybridized carbons (Fsp3) is 0.0909. The molecular weight excluding hydrogens is 350 g/mol. The second-order valence-electron chi connectivity index (χ2n) is 5.96. The van der Waals surface area contributed by atoms with Gasteiger partial charge in [-0.15, -0.1) is 10.2 Å². The van der Waals surface area contributed by atoms with Crippen LogP contribution in [0.1, 0.15) is 21.0 Å². The number of hydrogen-bond acceptors (Lipinski definition) is 4. The van der Waals surface area contributed by atoms with E-state index in [1.165, 1.54) is 0 Å². The number of nitrogens with zero attached hydrogens (tertiary/aromatic N) is 4. The molecule has 0 aliphatic heterocycles. The van der Waals surface area contributed by atoms with Gasteiger partial charge in [0.05, 0.1) is 27.0 Å². The molecule has 1 amide bonds. The minimum atomic E-state index is -1.03. The predicted octanol–water partition coefficient (Wildman–Crippen LogP) is 3.99. The summed E-state index contributed by atoms with van der Waals surface area (Å²) in [5.41, 5.74) is 1.81. The van der Waals surface area contributed by atoms with Crippen molar-refractivity contribution in [2.24, 2.45) is 7.05 Å². The van der Waals surface area contributed by atoms with Gasteiger partial charge in [-0.2, -0.15) is 0 Å². The lowest BCUT2D eigenvalue weighted by Crippen LogP contribution is -2.09. The molecule has 138 valence electrons. The minimum absolute atomic E-state index is 0.0273. The molecule has 1 N–H and O–H groups in total. The fourth-order valence-corrected chi connectivity index (χ4v) is 2.62. The van der Waals surface area contributed by atoms with E-state index in [0.717, 1.165) is 17.1 Å². The Morgan fingerprint density at radius 2 is 2.04 bits per heavy atom. The Morgan fingerprint density at radius 1 is 1.21 bits per heavy atom. The highest BCUT2D eigenvalue weighted by Gasteiger charge is 2.08. The first-order valence-corrected chi connectivity index (χ1v) is 8.33. The quantitative estimate of drug-likeness (QED) is 0.547. The summed E-state index contributed by atoms with van der Waals surface area (Å²) >= 11 is 0. The van der Waals surface area contributed by atoms with Gasteiger partial charge in [-0.05, 0) is 36.7 Å². The molecule has 4 rings (SSSR count). The van der Waals surface area contributed by atoms with Crippen LogP contribution in [-0.2, 0) is 11.8 Å². The largest absolute Gasteiger partial charge is 0.331 e. The lowest BCUT2D eigenvalue weighted by Gasteiger charge is -2.06. The minimum Gasteiger partial charge on any atom is -0.331 e. The number of carbonyl (C=O) groups excluding carboxylic acids is 1. The van der Waals surface area contributed by atoms with Gasteiger partial charge in [0.1, 0.15) is 5.82 Å². The maximum atomic E-state index is 12.6. The highest BCUT2D eigenvalue weighted by Crippen LogP contribution is 2.24. The van der Waals surface area contributed by atoms with E-state index >= 15 is 0 Å². The molecule has 0 saturated heterocycles. The number of amides is 1. The summed E-state index contributed by atoms with van der Waals surface area (Å²) in [6, 6.07) is 2.13. The van der Waals surface area contributed by atoms with Gasteiger partial charge in [0, 0.05) is 24.0 Å². The second kappa shape index (κ2) is 7.44. The molecule has 2 aromatic heterocycles. The van der Waals surface area contributed by atoms with E-state index in [2.05, 4.69) is 20.5 Å². The number of carbonyl (C=O) groups is 1. The summed E-state index contributed by atoms with van der Waals surface area (Å²) in [7, 11) is 1.90. The van der Waals surface area contributed by atoms with Crippen molar-refractivity contribution in [3.05, 3.63) is 78.1 Å². The van der Waals surface area contributed by atoms with E-state index in [1.54, 1.807) is 18.3 Å². The van der Waals surface area contributed by atoms with E-state index in [0.29, 0.717) is 10.9 Å². The lowest BCUT2D eigenvalue weighted by molar-refractivity contribution is -0.111. The van der Waals surface area contributed by atoms with E-state index in [1.807, 2.05) is 30.7 Å². The Kier molecular flexibility index (Phi) is 2.96. The monoisotopic (exact) mass is 376 g/mol. The molecule has 0 aliphatic rings. The second-order valence-corrected chi connectivity index (χ2v) is 5.96. The molecule has 6 heteroatoms. The first-order chi connectivity index (χ1) is 16.5. The standard InChI is InChI=1S/C22H19N5O/c1-15-23-14-20(27(15)2)17-9-10-19-18(12-17)13-21(26-25-19)24-22(28)11-8-16-6-4-3-5-7-16/h3-14H,1-2H3,(H,24,26,28)/b11-8+/i3D,4D,5D,6D,7D,8D,11D. The van der Waals surface area contributed by atoms with Crippen molar-refractivity contribution in [2.75, 3.05) is 5.32 Å². The Balaban J connectivity index is 1.68. The van der Waals surface area contributed by atoms with E-state index in [4.69, 9.17) is 9.60 Å². The predicted molar refractivity (Wildman–Crippen MR) is 111 cm³/mol. The van der Waals surface area contributed by atoms with Crippen LogP contribution in [0.5, 0.6) is 0 Å². The van der Waals surface area contributed by atoms with Crippen LogP contribution in [0.3, 0.4) is 0 Å². The summed E-state index contributed by atoms with van der Waals surface area (Å²) in [6.45, 7) is 1.89. The third-order valence-corrected chi connectivity index (χ3v) is 4.14. The number of anilines is 1. The van der Waals surface area contributed by atoms with E-state index < -0.39 is 53.8 Å². The number of benzene rings is 2. The maximum Gasteiger partial charge on any atom is 0.249 e. The Hall–Kier alpha value is -3.80. The van der Waals surface area contributed by atoms with Gasteiger partial charge in [0.2, 0.25) is 5.91 Å². The Labute approximate surface area is 172 Å². The first-order valence-electron chi connectivity index (χ1n) is 11.8. The van der Waals surface area contributed by atoms with Crippen LogP contribution in [0.15, 0.2) is 66.7 Å². The summed E-state index contributed by atoms with van der Waals surface area (Å²) in [6.07, 6.45) is 1.75. The van der Waals surface area contributed by atoms with Crippen molar-refractivity contribution in [1.82, 2.24) is 19.7 Å². The number of aromatic nitrogens is 4. The molecule has 0 spiro atoms. The van der Waals surface area contributed by atoms with Crippen LogP contribution in [0.4, 0.5) is 5.82 Å². The number of fused-ring (bicyclic) bond motifs is 1. The molecule has 2 aromatic carbocycles. The van der Waals surface area contributed by atoms with Crippen LogP contribution in [0.2, 0.25) is 0 Å². The van der Waals surface area contributed by atoms with Crippen LogP contribution in [-0.4, -0.2) is 25.7 Å². The molecule has 0 radical (unpaired) electrons. The van der Waals surface area contributed by atoms with Crippen LogP contribution in [0, 0.1) is 6.92 Å². The molecule has 6 nitrogen and oxygen atoms in total. The van der Waals surface area contributed by atoms with Gasteiger partial charge < -0.3 is 9.88 Å². The highest BCUT2D eigenvalue weighted by atomic mass is 16.1. The van der Waals surface area contributed by atoms with Crippen LogP contribution >= 0.6 is 0 Å². The number of aryl methyl sites for hydroxylation is 1. The summed E-state index contributed by atoms with van der Waals surface area (Å²) in [5, 5.41) is 11.1. The molecule has 28 heavy (non-hydrogen) atoms. The third kappa shape index (κ3) is 3.66. The van der Waals surface area contributed by atoms with Gasteiger partial charge in [0.15, 0.2) is 5.82 Å². The molecule has 2 heterocycles. The van der Waals surface area contributed by atoms with Crippen molar-refractivity contribution in [3.63, 3.8) is 0 Å². The fourth-order valence-electron chi connectivity index (χ4n) is 2.62. The topological polar surface area (TPSA) is 72.7 Å². The van der Waals surface area contributed by atoms with Gasteiger partial charge in [0.25, 0.3) is 0 Å². The van der Waals surface area contributed by atoms with Crippen molar-refractivity contribution < 1.29 is 14.4 Å². The summed E-state index contributed by atoms with van der Waals surface area (Å²) in [4.78, 5) is 16.9. The molecule has 0 unspecified atom stereocenters. The van der Waals surface area contributed by atoms with Crippen LogP contribution in [0.25, 0.3) is 28.2 Å². The Morgan fingerprint density at radius 3 is 2.79 bits per heavy atom. The van der Waals surface area contributed by atoms with Crippen molar-refractivity contribution in [1.29, 1.82) is 0 Å². The van der Waals surface area contributed by atoms with Gasteiger partial charge >= 0.3 is 0 Å². The first kappa shape index (κ1) is 11.1. The van der Waals surface area contributed by atoms with E-state index in [9.17, 15) is 4.79 Å². The normalized spacial score (nSPS) is 15.4. The molecule has 0 bridgehead atoms.